The van der Waals surface area contributed by atoms with Crippen molar-refractivity contribution >= 4 is 28.3 Å². The molecular formula is C15H15N3O3S. The Morgan fingerprint density at radius 1 is 1.41 bits per heavy atom. The molecule has 0 saturated carbocycles. The zero-order valence-corrected chi connectivity index (χ0v) is 13.3. The summed E-state index contributed by atoms with van der Waals surface area (Å²) in [6, 6.07) is 5.64. The smallest absolute Gasteiger partial charge is 0.350 e. The van der Waals surface area contributed by atoms with Gasteiger partial charge in [-0.2, -0.15) is 0 Å². The van der Waals surface area contributed by atoms with Gasteiger partial charge in [-0.05, 0) is 26.0 Å². The molecule has 0 saturated heterocycles. The molecule has 0 fully saturated rings. The molecule has 0 amide bonds. The van der Waals surface area contributed by atoms with Crippen LogP contribution in [0.3, 0.4) is 0 Å². The van der Waals surface area contributed by atoms with Crippen molar-refractivity contribution < 1.29 is 14.3 Å². The Morgan fingerprint density at radius 3 is 2.95 bits per heavy atom. The molecular weight excluding hydrogens is 302 g/mol. The third kappa shape index (κ3) is 2.43. The van der Waals surface area contributed by atoms with Gasteiger partial charge in [0.05, 0.1) is 30.4 Å². The van der Waals surface area contributed by atoms with Crippen LogP contribution in [-0.4, -0.2) is 34.2 Å². The predicted molar refractivity (Wildman–Crippen MR) is 84.0 cm³/mol. The maximum absolute atomic E-state index is 11.9. The molecule has 3 aromatic rings. The average Bonchev–Trinajstić information content (AvgIpc) is 3.10. The van der Waals surface area contributed by atoms with Crippen LogP contribution in [0.5, 0.6) is 5.75 Å². The maximum Gasteiger partial charge on any atom is 0.350 e. The molecule has 1 aromatic carbocycles. The van der Waals surface area contributed by atoms with Gasteiger partial charge in [-0.15, -0.1) is 0 Å². The van der Waals surface area contributed by atoms with Crippen molar-refractivity contribution in [2.45, 2.75) is 13.8 Å². The number of fused-ring (bicyclic) bond motifs is 1. The quantitative estimate of drug-likeness (QED) is 0.692. The van der Waals surface area contributed by atoms with E-state index in [4.69, 9.17) is 9.47 Å². The number of nitrogens with zero attached hydrogens (tertiary/aromatic N) is 3. The number of ether oxygens (including phenoxy) is 2. The minimum absolute atomic E-state index is 0.342. The summed E-state index contributed by atoms with van der Waals surface area (Å²) in [4.78, 5) is 21.2. The highest BCUT2D eigenvalue weighted by molar-refractivity contribution is 7.16. The van der Waals surface area contributed by atoms with Gasteiger partial charge < -0.3 is 9.47 Å². The minimum atomic E-state index is -0.342. The Bertz CT molecular complexity index is 838. The first-order valence-corrected chi connectivity index (χ1v) is 7.61. The number of methoxy groups -OCH3 is 1. The number of carbonyl (C=O) groups is 1. The van der Waals surface area contributed by atoms with Gasteiger partial charge in [-0.25, -0.2) is 14.8 Å². The van der Waals surface area contributed by atoms with Crippen LogP contribution >= 0.6 is 11.3 Å². The molecule has 2 aromatic heterocycles. The first-order chi connectivity index (χ1) is 10.6. The average molecular weight is 317 g/mol. The molecule has 6 nitrogen and oxygen atoms in total. The molecule has 0 atom stereocenters. The van der Waals surface area contributed by atoms with Crippen molar-refractivity contribution in [1.29, 1.82) is 0 Å². The second-order valence-electron chi connectivity index (χ2n) is 4.60. The van der Waals surface area contributed by atoms with E-state index in [9.17, 15) is 4.79 Å². The van der Waals surface area contributed by atoms with E-state index in [1.165, 1.54) is 11.3 Å². The van der Waals surface area contributed by atoms with E-state index in [0.29, 0.717) is 22.3 Å². The van der Waals surface area contributed by atoms with E-state index >= 15 is 0 Å². The molecule has 3 rings (SSSR count). The van der Waals surface area contributed by atoms with Crippen molar-refractivity contribution in [1.82, 2.24) is 14.5 Å². The number of thiazole rings is 1. The van der Waals surface area contributed by atoms with Gasteiger partial charge in [-0.3, -0.25) is 4.57 Å². The summed E-state index contributed by atoms with van der Waals surface area (Å²) < 4.78 is 12.1. The van der Waals surface area contributed by atoms with Crippen molar-refractivity contribution in [3.05, 3.63) is 35.1 Å². The molecule has 0 aliphatic rings. The summed E-state index contributed by atoms with van der Waals surface area (Å²) in [7, 11) is 1.62. The molecule has 2 heterocycles. The Labute approximate surface area is 131 Å². The molecule has 114 valence electrons. The second-order valence-corrected chi connectivity index (χ2v) is 5.58. The lowest BCUT2D eigenvalue weighted by molar-refractivity contribution is 0.0531. The topological polar surface area (TPSA) is 66.2 Å². The summed E-state index contributed by atoms with van der Waals surface area (Å²) in [5.41, 5.74) is 2.37. The van der Waals surface area contributed by atoms with E-state index in [0.717, 1.165) is 16.8 Å². The zero-order valence-electron chi connectivity index (χ0n) is 12.5. The monoisotopic (exact) mass is 317 g/mol. The number of carbonyl (C=O) groups excluding carboxylic acids is 1. The Hall–Kier alpha value is -2.41. The van der Waals surface area contributed by atoms with Gasteiger partial charge in [-0.1, -0.05) is 11.3 Å². The van der Waals surface area contributed by atoms with Gasteiger partial charge in [0.2, 0.25) is 0 Å². The van der Waals surface area contributed by atoms with E-state index in [2.05, 4.69) is 9.97 Å². The third-order valence-electron chi connectivity index (χ3n) is 3.21. The molecule has 0 bridgehead atoms. The number of esters is 1. The van der Waals surface area contributed by atoms with Gasteiger partial charge in [0.1, 0.15) is 17.0 Å². The highest BCUT2D eigenvalue weighted by atomic mass is 32.1. The number of rotatable bonds is 4. The summed E-state index contributed by atoms with van der Waals surface area (Å²) >= 11 is 1.29. The van der Waals surface area contributed by atoms with E-state index in [-0.39, 0.29) is 5.97 Å². The Kier molecular flexibility index (Phi) is 3.81. The van der Waals surface area contributed by atoms with Gasteiger partial charge >= 0.3 is 5.97 Å². The van der Waals surface area contributed by atoms with E-state index < -0.39 is 0 Å². The number of hydrogen-bond acceptors (Lipinski definition) is 6. The highest BCUT2D eigenvalue weighted by Crippen LogP contribution is 2.27. The molecule has 0 radical (unpaired) electrons. The lowest BCUT2D eigenvalue weighted by atomic mass is 10.3. The van der Waals surface area contributed by atoms with Crippen LogP contribution in [0.2, 0.25) is 0 Å². The standard InChI is InChI=1S/C15H15N3O3S/c1-4-21-14(19)13-9(2)17-15(22-13)18-8-16-11-6-5-10(20-3)7-12(11)18/h5-8H,4H2,1-3H3. The summed E-state index contributed by atoms with van der Waals surface area (Å²) in [6.45, 7) is 3.92. The SMILES string of the molecule is CCOC(=O)c1sc(-n2cnc3ccc(OC)cc32)nc1C. The number of benzene rings is 1. The minimum Gasteiger partial charge on any atom is -0.497 e. The van der Waals surface area contributed by atoms with E-state index in [1.54, 1.807) is 27.3 Å². The molecule has 7 heteroatoms. The van der Waals surface area contributed by atoms with Crippen molar-refractivity contribution in [2.24, 2.45) is 0 Å². The molecule has 22 heavy (non-hydrogen) atoms. The fraction of sp³-hybridized carbons (Fsp3) is 0.267. The van der Waals surface area contributed by atoms with E-state index in [1.807, 2.05) is 22.8 Å². The van der Waals surface area contributed by atoms with Gasteiger partial charge in [0.25, 0.3) is 0 Å². The van der Waals surface area contributed by atoms with Crippen LogP contribution in [0, 0.1) is 6.92 Å². The third-order valence-corrected chi connectivity index (χ3v) is 4.34. The highest BCUT2D eigenvalue weighted by Gasteiger charge is 2.18. The van der Waals surface area contributed by atoms with Crippen LogP contribution in [-0.2, 0) is 4.74 Å². The lowest BCUT2D eigenvalue weighted by Gasteiger charge is -2.01. The van der Waals surface area contributed by atoms with Crippen LogP contribution < -0.4 is 4.74 Å². The summed E-state index contributed by atoms with van der Waals surface area (Å²) in [5, 5.41) is 0.677. The number of aromatic nitrogens is 3. The molecule has 0 unspecified atom stereocenters. The first kappa shape index (κ1) is 14.5. The predicted octanol–water partition coefficient (Wildman–Crippen LogP) is 2.98. The van der Waals surface area contributed by atoms with Crippen molar-refractivity contribution in [3.8, 4) is 10.9 Å². The fourth-order valence-electron chi connectivity index (χ4n) is 2.14. The maximum atomic E-state index is 11.9. The Balaban J connectivity index is 2.08. The molecule has 0 aliphatic carbocycles. The molecule has 0 aliphatic heterocycles. The van der Waals surface area contributed by atoms with Gasteiger partial charge in [0.15, 0.2) is 5.13 Å². The van der Waals surface area contributed by atoms with Crippen LogP contribution in [0.4, 0.5) is 0 Å². The Morgan fingerprint density at radius 2 is 2.23 bits per heavy atom. The van der Waals surface area contributed by atoms with Gasteiger partial charge in [0, 0.05) is 6.07 Å². The lowest BCUT2D eigenvalue weighted by Crippen LogP contribution is -2.03. The summed E-state index contributed by atoms with van der Waals surface area (Å²) in [5.74, 6) is 0.402. The first-order valence-electron chi connectivity index (χ1n) is 6.80. The van der Waals surface area contributed by atoms with Crippen LogP contribution in [0.25, 0.3) is 16.2 Å². The van der Waals surface area contributed by atoms with Crippen LogP contribution in [0.1, 0.15) is 22.3 Å². The normalized spacial score (nSPS) is 10.9. The largest absolute Gasteiger partial charge is 0.497 e. The summed E-state index contributed by atoms with van der Waals surface area (Å²) in [6.07, 6.45) is 1.69. The number of aryl methyl sites for hydroxylation is 1. The number of hydrogen-bond donors (Lipinski definition) is 0. The molecule has 0 N–H and O–H groups in total. The van der Waals surface area contributed by atoms with Crippen LogP contribution in [0.15, 0.2) is 24.5 Å². The van der Waals surface area contributed by atoms with Crippen molar-refractivity contribution in [2.75, 3.05) is 13.7 Å². The number of imidazole rings is 1. The zero-order chi connectivity index (χ0) is 15.7. The van der Waals surface area contributed by atoms with Crippen molar-refractivity contribution in [3.63, 3.8) is 0 Å². The second kappa shape index (κ2) is 5.76. The molecule has 0 spiro atoms. The fourth-order valence-corrected chi connectivity index (χ4v) is 3.08.